The van der Waals surface area contributed by atoms with Crippen molar-refractivity contribution < 1.29 is 4.42 Å². The van der Waals surface area contributed by atoms with Crippen LogP contribution in [0.15, 0.2) is 71.4 Å². The minimum Gasteiger partial charge on any atom is -0.417 e. The molecule has 0 radical (unpaired) electrons. The molecule has 0 saturated heterocycles. The van der Waals surface area contributed by atoms with E-state index in [1.807, 2.05) is 36.4 Å². The summed E-state index contributed by atoms with van der Waals surface area (Å²) in [4.78, 5) is 15.3. The Morgan fingerprint density at radius 3 is 2.48 bits per heavy atom. The third-order valence-electron chi connectivity index (χ3n) is 4.38. The minimum atomic E-state index is 0.493. The third kappa shape index (κ3) is 3.89. The predicted molar refractivity (Wildman–Crippen MR) is 108 cm³/mol. The number of rotatable bonds is 7. The zero-order valence-corrected chi connectivity index (χ0v) is 15.2. The summed E-state index contributed by atoms with van der Waals surface area (Å²) in [6, 6.07) is 20.2. The number of nitrogens with one attached hydrogen (secondary N) is 1. The first-order chi connectivity index (χ1) is 13.3. The molecule has 0 saturated carbocycles. The Kier molecular flexibility index (Phi) is 4.96. The molecule has 136 valence electrons. The van der Waals surface area contributed by atoms with Gasteiger partial charge >= 0.3 is 0 Å². The van der Waals surface area contributed by atoms with Crippen molar-refractivity contribution >= 4 is 22.7 Å². The van der Waals surface area contributed by atoms with Crippen molar-refractivity contribution in [3.8, 4) is 11.5 Å². The van der Waals surface area contributed by atoms with E-state index < -0.39 is 0 Å². The highest BCUT2D eigenvalue weighted by molar-refractivity contribution is 5.83. The molecule has 2 aromatic heterocycles. The molecule has 0 amide bonds. The molecule has 4 rings (SSSR count). The SMILES string of the molecule is CN(CCCNc1ncnc2oc(-c3ccccc3)nc12)c1ccccc1. The number of benzene rings is 2. The Balaban J connectivity index is 1.41. The van der Waals surface area contributed by atoms with Crippen LogP contribution in [0.2, 0.25) is 0 Å². The van der Waals surface area contributed by atoms with Crippen molar-refractivity contribution in [2.24, 2.45) is 0 Å². The van der Waals surface area contributed by atoms with Crippen LogP contribution in [0.4, 0.5) is 11.5 Å². The molecule has 6 heteroatoms. The maximum atomic E-state index is 5.79. The maximum absolute atomic E-state index is 5.79. The predicted octanol–water partition coefficient (Wildman–Crippen LogP) is 4.22. The standard InChI is InChI=1S/C21H21N5O/c1-26(17-11-6-3-7-12-17)14-8-13-22-19-18-21(24-15-23-19)27-20(25-18)16-9-4-2-5-10-16/h2-7,9-12,15H,8,13-14H2,1H3,(H,22,23,24). The Morgan fingerprint density at radius 1 is 0.963 bits per heavy atom. The molecule has 0 aliphatic rings. The summed E-state index contributed by atoms with van der Waals surface area (Å²) in [5.41, 5.74) is 3.29. The van der Waals surface area contributed by atoms with E-state index in [0.717, 1.165) is 25.1 Å². The fourth-order valence-corrected chi connectivity index (χ4v) is 2.92. The summed E-state index contributed by atoms with van der Waals surface area (Å²) in [5.74, 6) is 1.26. The molecule has 2 heterocycles. The molecular weight excluding hydrogens is 338 g/mol. The lowest BCUT2D eigenvalue weighted by Gasteiger charge is -2.19. The van der Waals surface area contributed by atoms with Gasteiger partial charge in [-0.25, -0.2) is 9.97 Å². The van der Waals surface area contributed by atoms with E-state index in [-0.39, 0.29) is 0 Å². The molecule has 0 aliphatic heterocycles. The van der Waals surface area contributed by atoms with Gasteiger partial charge in [0.2, 0.25) is 5.89 Å². The molecule has 0 fully saturated rings. The highest BCUT2D eigenvalue weighted by atomic mass is 16.4. The fourth-order valence-electron chi connectivity index (χ4n) is 2.92. The number of nitrogens with zero attached hydrogens (tertiary/aromatic N) is 4. The van der Waals surface area contributed by atoms with Crippen molar-refractivity contribution in [2.75, 3.05) is 30.4 Å². The van der Waals surface area contributed by atoms with Gasteiger partial charge in [0.05, 0.1) is 0 Å². The maximum Gasteiger partial charge on any atom is 0.252 e. The number of aromatic nitrogens is 3. The van der Waals surface area contributed by atoms with E-state index in [9.17, 15) is 0 Å². The highest BCUT2D eigenvalue weighted by Gasteiger charge is 2.13. The van der Waals surface area contributed by atoms with Crippen LogP contribution in [-0.4, -0.2) is 35.1 Å². The van der Waals surface area contributed by atoms with Crippen LogP contribution in [0.3, 0.4) is 0 Å². The lowest BCUT2D eigenvalue weighted by molar-refractivity contribution is 0.607. The number of fused-ring (bicyclic) bond motifs is 1. The molecule has 0 aliphatic carbocycles. The molecule has 0 spiro atoms. The molecule has 0 atom stereocenters. The topological polar surface area (TPSA) is 67.1 Å². The number of hydrogen-bond donors (Lipinski definition) is 1. The lowest BCUT2D eigenvalue weighted by Crippen LogP contribution is -2.20. The summed E-state index contributed by atoms with van der Waals surface area (Å²) >= 11 is 0. The summed E-state index contributed by atoms with van der Waals surface area (Å²) in [5, 5.41) is 3.36. The molecule has 1 N–H and O–H groups in total. The molecule has 0 bridgehead atoms. The van der Waals surface area contributed by atoms with Crippen LogP contribution in [0.1, 0.15) is 6.42 Å². The van der Waals surface area contributed by atoms with Gasteiger partial charge < -0.3 is 14.6 Å². The summed E-state index contributed by atoms with van der Waals surface area (Å²) in [6.45, 7) is 1.73. The molecule has 27 heavy (non-hydrogen) atoms. The fraction of sp³-hybridized carbons (Fsp3) is 0.190. The van der Waals surface area contributed by atoms with Gasteiger partial charge in [-0.05, 0) is 30.7 Å². The van der Waals surface area contributed by atoms with E-state index >= 15 is 0 Å². The smallest absolute Gasteiger partial charge is 0.252 e. The number of anilines is 2. The first kappa shape index (κ1) is 17.0. The van der Waals surface area contributed by atoms with E-state index in [0.29, 0.717) is 22.9 Å². The van der Waals surface area contributed by atoms with Crippen LogP contribution in [-0.2, 0) is 0 Å². The van der Waals surface area contributed by atoms with Gasteiger partial charge in [-0.3, -0.25) is 0 Å². The van der Waals surface area contributed by atoms with Gasteiger partial charge in [-0.1, -0.05) is 36.4 Å². The molecule has 4 aromatic rings. The number of para-hydroxylation sites is 1. The first-order valence-electron chi connectivity index (χ1n) is 8.98. The van der Waals surface area contributed by atoms with Crippen LogP contribution in [0.25, 0.3) is 22.7 Å². The summed E-state index contributed by atoms with van der Waals surface area (Å²) < 4.78 is 5.79. The van der Waals surface area contributed by atoms with E-state index in [2.05, 4.69) is 56.5 Å². The van der Waals surface area contributed by atoms with E-state index in [1.54, 1.807) is 0 Å². The summed E-state index contributed by atoms with van der Waals surface area (Å²) in [6.07, 6.45) is 2.47. The van der Waals surface area contributed by atoms with Gasteiger partial charge in [0.1, 0.15) is 6.33 Å². The number of oxazole rings is 1. The van der Waals surface area contributed by atoms with Gasteiger partial charge in [0.15, 0.2) is 11.3 Å². The summed E-state index contributed by atoms with van der Waals surface area (Å²) in [7, 11) is 2.10. The number of hydrogen-bond acceptors (Lipinski definition) is 6. The van der Waals surface area contributed by atoms with Crippen molar-refractivity contribution in [3.05, 3.63) is 67.0 Å². The average molecular weight is 359 g/mol. The Morgan fingerprint density at radius 2 is 1.70 bits per heavy atom. The largest absolute Gasteiger partial charge is 0.417 e. The van der Waals surface area contributed by atoms with Crippen LogP contribution < -0.4 is 10.2 Å². The lowest BCUT2D eigenvalue weighted by atomic mass is 10.2. The second kappa shape index (κ2) is 7.86. The van der Waals surface area contributed by atoms with E-state index in [4.69, 9.17) is 4.42 Å². The quantitative estimate of drug-likeness (QED) is 0.498. The highest BCUT2D eigenvalue weighted by Crippen LogP contribution is 2.25. The minimum absolute atomic E-state index is 0.493. The van der Waals surface area contributed by atoms with Gasteiger partial charge in [-0.2, -0.15) is 4.98 Å². The average Bonchev–Trinajstić information content (AvgIpc) is 3.17. The van der Waals surface area contributed by atoms with Crippen LogP contribution in [0.5, 0.6) is 0 Å². The van der Waals surface area contributed by atoms with Gasteiger partial charge in [-0.15, -0.1) is 0 Å². The third-order valence-corrected chi connectivity index (χ3v) is 4.38. The zero-order chi connectivity index (χ0) is 18.5. The second-order valence-electron chi connectivity index (χ2n) is 6.30. The Hall–Kier alpha value is -3.41. The normalized spacial score (nSPS) is 10.9. The Labute approximate surface area is 157 Å². The monoisotopic (exact) mass is 359 g/mol. The van der Waals surface area contributed by atoms with Gasteiger partial charge in [0, 0.05) is 31.4 Å². The van der Waals surface area contributed by atoms with Crippen molar-refractivity contribution in [3.63, 3.8) is 0 Å². The van der Waals surface area contributed by atoms with Crippen molar-refractivity contribution in [1.82, 2.24) is 15.0 Å². The molecule has 0 unspecified atom stereocenters. The van der Waals surface area contributed by atoms with Crippen LogP contribution >= 0.6 is 0 Å². The molecular formula is C21H21N5O. The first-order valence-corrected chi connectivity index (χ1v) is 8.98. The van der Waals surface area contributed by atoms with E-state index in [1.165, 1.54) is 12.0 Å². The molecule has 2 aromatic carbocycles. The second-order valence-corrected chi connectivity index (χ2v) is 6.30. The van der Waals surface area contributed by atoms with Crippen LogP contribution in [0, 0.1) is 0 Å². The Bertz CT molecular complexity index is 1000. The van der Waals surface area contributed by atoms with Crippen molar-refractivity contribution in [1.29, 1.82) is 0 Å². The van der Waals surface area contributed by atoms with Crippen molar-refractivity contribution in [2.45, 2.75) is 6.42 Å². The molecule has 6 nitrogen and oxygen atoms in total. The zero-order valence-electron chi connectivity index (χ0n) is 15.2. The van der Waals surface area contributed by atoms with Gasteiger partial charge in [0.25, 0.3) is 5.71 Å².